The van der Waals surface area contributed by atoms with E-state index in [1.54, 1.807) is 36.3 Å². The average Bonchev–Trinajstić information content (AvgIpc) is 2.42. The Morgan fingerprint density at radius 2 is 2.05 bits per heavy atom. The number of nitrogens with zero attached hydrogens (tertiary/aromatic N) is 1. The lowest BCUT2D eigenvalue weighted by Crippen LogP contribution is -2.46. The van der Waals surface area contributed by atoms with Gasteiger partial charge in [-0.25, -0.2) is 0 Å². The first-order valence-electron chi connectivity index (χ1n) is 6.39. The molecule has 0 spiro atoms. The van der Waals surface area contributed by atoms with Gasteiger partial charge in [-0.05, 0) is 31.0 Å². The van der Waals surface area contributed by atoms with Crippen LogP contribution in [0, 0.1) is 0 Å². The molecule has 0 aliphatic carbocycles. The van der Waals surface area contributed by atoms with E-state index in [4.69, 9.17) is 10.5 Å². The number of carbonyl (C=O) groups is 1. The molecule has 0 aromatic heterocycles. The van der Waals surface area contributed by atoms with Gasteiger partial charge in [-0.2, -0.15) is 0 Å². The van der Waals surface area contributed by atoms with Crippen LogP contribution < -0.4 is 5.73 Å². The molecule has 0 radical (unpaired) electrons. The van der Waals surface area contributed by atoms with E-state index >= 15 is 0 Å². The van der Waals surface area contributed by atoms with E-state index in [-0.39, 0.29) is 11.7 Å². The number of amides is 1. The number of benzene rings is 1. The maximum atomic E-state index is 12.1. The lowest BCUT2D eigenvalue weighted by atomic mass is 10.1. The van der Waals surface area contributed by atoms with Crippen molar-refractivity contribution >= 4 is 5.91 Å². The fourth-order valence-electron chi connectivity index (χ4n) is 1.83. The van der Waals surface area contributed by atoms with E-state index in [9.17, 15) is 9.90 Å². The molecule has 0 heterocycles. The molecule has 0 fully saturated rings. The molecule has 3 N–H and O–H groups in total. The summed E-state index contributed by atoms with van der Waals surface area (Å²) < 4.78 is 4.97. The van der Waals surface area contributed by atoms with E-state index < -0.39 is 6.04 Å². The molecule has 106 valence electrons. The molecule has 1 rings (SSSR count). The second-order valence-corrected chi connectivity index (χ2v) is 4.39. The molecule has 1 atom stereocenters. The minimum atomic E-state index is -0.568. The zero-order chi connectivity index (χ0) is 14.3. The van der Waals surface area contributed by atoms with Crippen LogP contribution >= 0.6 is 0 Å². The highest BCUT2D eigenvalue weighted by Crippen LogP contribution is 2.11. The Morgan fingerprint density at radius 3 is 2.58 bits per heavy atom. The number of hydrogen-bond donors (Lipinski definition) is 2. The SMILES string of the molecule is CCN(CCOC)C(=O)C(N)Cc1ccc(O)cc1. The van der Waals surface area contributed by atoms with Gasteiger partial charge in [0.1, 0.15) is 5.75 Å². The first-order chi connectivity index (χ1) is 9.08. The van der Waals surface area contributed by atoms with Crippen molar-refractivity contribution in [3.8, 4) is 5.75 Å². The highest BCUT2D eigenvalue weighted by molar-refractivity contribution is 5.82. The van der Waals surface area contributed by atoms with Gasteiger partial charge in [0.15, 0.2) is 0 Å². The molecule has 1 aromatic rings. The van der Waals surface area contributed by atoms with E-state index in [1.807, 2.05) is 6.92 Å². The maximum absolute atomic E-state index is 12.1. The molecule has 1 amide bonds. The van der Waals surface area contributed by atoms with E-state index in [2.05, 4.69) is 0 Å². The van der Waals surface area contributed by atoms with Crippen LogP contribution in [0.15, 0.2) is 24.3 Å². The van der Waals surface area contributed by atoms with Crippen LogP contribution in [0.1, 0.15) is 12.5 Å². The molecule has 0 aliphatic rings. The van der Waals surface area contributed by atoms with Crippen LogP contribution in [-0.4, -0.2) is 48.8 Å². The largest absolute Gasteiger partial charge is 0.508 e. The zero-order valence-corrected chi connectivity index (χ0v) is 11.5. The van der Waals surface area contributed by atoms with Crippen molar-refractivity contribution in [2.75, 3.05) is 26.8 Å². The Hall–Kier alpha value is -1.59. The average molecular weight is 266 g/mol. The van der Waals surface area contributed by atoms with Crippen molar-refractivity contribution in [3.05, 3.63) is 29.8 Å². The predicted molar refractivity (Wildman–Crippen MR) is 73.9 cm³/mol. The quantitative estimate of drug-likeness (QED) is 0.764. The monoisotopic (exact) mass is 266 g/mol. The van der Waals surface area contributed by atoms with Crippen LogP contribution in [0.2, 0.25) is 0 Å². The number of nitrogens with two attached hydrogens (primary N) is 1. The maximum Gasteiger partial charge on any atom is 0.239 e. The van der Waals surface area contributed by atoms with Crippen LogP contribution in [0.4, 0.5) is 0 Å². The highest BCUT2D eigenvalue weighted by atomic mass is 16.5. The fourth-order valence-corrected chi connectivity index (χ4v) is 1.83. The number of hydrogen-bond acceptors (Lipinski definition) is 4. The van der Waals surface area contributed by atoms with E-state index in [0.717, 1.165) is 5.56 Å². The Labute approximate surface area is 114 Å². The predicted octanol–water partition coefficient (Wildman–Crippen LogP) is 0.757. The molecular weight excluding hydrogens is 244 g/mol. The van der Waals surface area contributed by atoms with Crippen molar-refractivity contribution < 1.29 is 14.6 Å². The van der Waals surface area contributed by atoms with Crippen molar-refractivity contribution in [2.45, 2.75) is 19.4 Å². The van der Waals surface area contributed by atoms with Crippen molar-refractivity contribution in [1.82, 2.24) is 4.90 Å². The van der Waals surface area contributed by atoms with Gasteiger partial charge in [0.05, 0.1) is 12.6 Å². The van der Waals surface area contributed by atoms with Gasteiger partial charge in [0.25, 0.3) is 0 Å². The normalized spacial score (nSPS) is 12.2. The number of carbonyl (C=O) groups excluding carboxylic acids is 1. The summed E-state index contributed by atoms with van der Waals surface area (Å²) in [5, 5.41) is 9.20. The summed E-state index contributed by atoms with van der Waals surface area (Å²) in [5.74, 6) is 0.131. The van der Waals surface area contributed by atoms with E-state index in [1.165, 1.54) is 0 Å². The number of ether oxygens (including phenoxy) is 1. The number of phenols is 1. The number of aromatic hydroxyl groups is 1. The van der Waals surface area contributed by atoms with Gasteiger partial charge in [-0.3, -0.25) is 4.79 Å². The molecular formula is C14H22N2O3. The summed E-state index contributed by atoms with van der Waals surface area (Å²) in [6.07, 6.45) is 0.461. The van der Waals surface area contributed by atoms with Crippen molar-refractivity contribution in [3.63, 3.8) is 0 Å². The second-order valence-electron chi connectivity index (χ2n) is 4.39. The van der Waals surface area contributed by atoms with Crippen LogP contribution in [0.5, 0.6) is 5.75 Å². The Bertz CT molecular complexity index is 392. The Balaban J connectivity index is 2.57. The standard InChI is InChI=1S/C14H22N2O3/c1-3-16(8-9-19-2)14(18)13(15)10-11-4-6-12(17)7-5-11/h4-7,13,17H,3,8-10,15H2,1-2H3. The van der Waals surface area contributed by atoms with E-state index in [0.29, 0.717) is 26.1 Å². The lowest BCUT2D eigenvalue weighted by molar-refractivity contribution is -0.133. The first-order valence-corrected chi connectivity index (χ1v) is 6.39. The summed E-state index contributed by atoms with van der Waals surface area (Å²) in [6, 6.07) is 6.16. The molecule has 0 saturated heterocycles. The molecule has 19 heavy (non-hydrogen) atoms. The van der Waals surface area contributed by atoms with Crippen LogP contribution in [-0.2, 0) is 16.0 Å². The van der Waals surface area contributed by atoms with Crippen molar-refractivity contribution in [2.24, 2.45) is 5.73 Å². The van der Waals surface area contributed by atoms with Gasteiger partial charge in [0, 0.05) is 20.2 Å². The molecule has 5 nitrogen and oxygen atoms in total. The van der Waals surface area contributed by atoms with Crippen LogP contribution in [0.3, 0.4) is 0 Å². The minimum Gasteiger partial charge on any atom is -0.508 e. The van der Waals surface area contributed by atoms with Gasteiger partial charge in [-0.1, -0.05) is 12.1 Å². The number of likely N-dealkylation sites (N-methyl/N-ethyl adjacent to an activating group) is 1. The third kappa shape index (κ3) is 4.89. The zero-order valence-electron chi connectivity index (χ0n) is 11.5. The topological polar surface area (TPSA) is 75.8 Å². The third-order valence-electron chi connectivity index (χ3n) is 2.97. The Kier molecular flexibility index (Phi) is 6.32. The molecule has 0 saturated carbocycles. The summed E-state index contributed by atoms with van der Waals surface area (Å²) in [7, 11) is 1.61. The number of rotatable bonds is 7. The van der Waals surface area contributed by atoms with Gasteiger partial charge in [0.2, 0.25) is 5.91 Å². The summed E-state index contributed by atoms with van der Waals surface area (Å²) >= 11 is 0. The van der Waals surface area contributed by atoms with Gasteiger partial charge < -0.3 is 20.5 Å². The first kappa shape index (κ1) is 15.5. The van der Waals surface area contributed by atoms with Gasteiger partial charge in [-0.15, -0.1) is 0 Å². The molecule has 1 aromatic carbocycles. The molecule has 0 aliphatic heterocycles. The third-order valence-corrected chi connectivity index (χ3v) is 2.97. The molecule has 5 heteroatoms. The highest BCUT2D eigenvalue weighted by Gasteiger charge is 2.19. The fraction of sp³-hybridized carbons (Fsp3) is 0.500. The Morgan fingerprint density at radius 1 is 1.42 bits per heavy atom. The van der Waals surface area contributed by atoms with Crippen molar-refractivity contribution in [1.29, 1.82) is 0 Å². The number of phenolic OH excluding ortho intramolecular Hbond substituents is 1. The summed E-state index contributed by atoms with van der Waals surface area (Å²) in [4.78, 5) is 13.8. The minimum absolute atomic E-state index is 0.0763. The molecule has 0 bridgehead atoms. The second kappa shape index (κ2) is 7.76. The summed E-state index contributed by atoms with van der Waals surface area (Å²) in [6.45, 7) is 3.59. The smallest absolute Gasteiger partial charge is 0.239 e. The van der Waals surface area contributed by atoms with Gasteiger partial charge >= 0.3 is 0 Å². The molecule has 1 unspecified atom stereocenters. The lowest BCUT2D eigenvalue weighted by Gasteiger charge is -2.24. The van der Waals surface area contributed by atoms with Crippen LogP contribution in [0.25, 0.3) is 0 Å². The summed E-state index contributed by atoms with van der Waals surface area (Å²) in [5.41, 5.74) is 6.87. The number of methoxy groups -OCH3 is 1.